The quantitative estimate of drug-likeness (QED) is 0.870. The van der Waals surface area contributed by atoms with E-state index in [0.717, 1.165) is 19.4 Å². The lowest BCUT2D eigenvalue weighted by Crippen LogP contribution is -2.47. The molecule has 0 aromatic carbocycles. The topological polar surface area (TPSA) is 75.0 Å². The maximum Gasteiger partial charge on any atom is 0.285 e. The fourth-order valence-electron chi connectivity index (χ4n) is 2.62. The van der Waals surface area contributed by atoms with Gasteiger partial charge in [-0.15, -0.1) is 0 Å². The van der Waals surface area contributed by atoms with Gasteiger partial charge in [0.15, 0.2) is 0 Å². The third-order valence-corrected chi connectivity index (χ3v) is 4.13. The van der Waals surface area contributed by atoms with Crippen LogP contribution in [0.3, 0.4) is 0 Å². The molecule has 1 fully saturated rings. The second-order valence-electron chi connectivity index (χ2n) is 4.78. The van der Waals surface area contributed by atoms with Crippen LogP contribution >= 0.6 is 11.6 Å². The zero-order valence-electron chi connectivity index (χ0n) is 10.5. The molecule has 18 heavy (non-hydrogen) atoms. The van der Waals surface area contributed by atoms with Crippen LogP contribution in [0.25, 0.3) is 0 Å². The molecule has 2 rings (SSSR count). The molecule has 1 aliphatic rings. The summed E-state index contributed by atoms with van der Waals surface area (Å²) in [6, 6.07) is 0.241. The van der Waals surface area contributed by atoms with Gasteiger partial charge in [0, 0.05) is 19.1 Å². The fourth-order valence-corrected chi connectivity index (χ4v) is 2.82. The van der Waals surface area contributed by atoms with E-state index in [9.17, 15) is 4.79 Å². The Morgan fingerprint density at radius 1 is 1.67 bits per heavy atom. The molecular formula is C12H19ClN4O. The van der Waals surface area contributed by atoms with Crippen molar-refractivity contribution in [3.05, 3.63) is 21.6 Å². The molecule has 0 amide bonds. The van der Waals surface area contributed by atoms with E-state index in [4.69, 9.17) is 17.3 Å². The van der Waals surface area contributed by atoms with Gasteiger partial charge in [-0.1, -0.05) is 24.9 Å². The maximum atomic E-state index is 11.5. The molecule has 100 valence electrons. The first-order valence-electron chi connectivity index (χ1n) is 6.37. The second kappa shape index (κ2) is 5.71. The van der Waals surface area contributed by atoms with Gasteiger partial charge in [-0.2, -0.15) is 5.10 Å². The minimum Gasteiger partial charge on any atom is -0.365 e. The first kappa shape index (κ1) is 13.4. The van der Waals surface area contributed by atoms with E-state index in [2.05, 4.69) is 22.0 Å². The largest absolute Gasteiger partial charge is 0.365 e. The molecule has 1 saturated heterocycles. The Morgan fingerprint density at radius 2 is 2.44 bits per heavy atom. The number of aromatic amines is 1. The van der Waals surface area contributed by atoms with Gasteiger partial charge in [0.25, 0.3) is 5.56 Å². The molecule has 0 aliphatic carbocycles. The third kappa shape index (κ3) is 2.52. The highest BCUT2D eigenvalue weighted by Gasteiger charge is 2.28. The van der Waals surface area contributed by atoms with Gasteiger partial charge in [0.1, 0.15) is 5.02 Å². The van der Waals surface area contributed by atoms with E-state index in [0.29, 0.717) is 18.2 Å². The minimum absolute atomic E-state index is 0.207. The molecular weight excluding hydrogens is 252 g/mol. The Morgan fingerprint density at radius 3 is 3.11 bits per heavy atom. The number of rotatable bonds is 3. The Balaban J connectivity index is 2.27. The van der Waals surface area contributed by atoms with Crippen molar-refractivity contribution in [1.29, 1.82) is 0 Å². The van der Waals surface area contributed by atoms with Crippen molar-refractivity contribution in [2.24, 2.45) is 11.7 Å². The summed E-state index contributed by atoms with van der Waals surface area (Å²) < 4.78 is 0. The summed E-state index contributed by atoms with van der Waals surface area (Å²) >= 11 is 6.05. The lowest BCUT2D eigenvalue weighted by Gasteiger charge is -2.40. The Labute approximate surface area is 111 Å². The van der Waals surface area contributed by atoms with Gasteiger partial charge >= 0.3 is 0 Å². The molecule has 3 N–H and O–H groups in total. The van der Waals surface area contributed by atoms with Gasteiger partial charge in [0.05, 0.1) is 11.9 Å². The molecule has 2 heterocycles. The number of nitrogens with two attached hydrogens (primary N) is 1. The number of hydrogen-bond donors (Lipinski definition) is 2. The summed E-state index contributed by atoms with van der Waals surface area (Å²) in [4.78, 5) is 13.6. The molecule has 0 spiro atoms. The molecule has 1 aromatic rings. The molecule has 0 radical (unpaired) electrons. The predicted molar refractivity (Wildman–Crippen MR) is 73.1 cm³/mol. The van der Waals surface area contributed by atoms with E-state index in [1.807, 2.05) is 0 Å². The van der Waals surface area contributed by atoms with Gasteiger partial charge in [-0.3, -0.25) is 4.79 Å². The summed E-state index contributed by atoms with van der Waals surface area (Å²) in [6.07, 6.45) is 4.94. The first-order chi connectivity index (χ1) is 8.67. The summed E-state index contributed by atoms with van der Waals surface area (Å²) in [5.41, 5.74) is 6.20. The minimum atomic E-state index is -0.345. The molecule has 0 bridgehead atoms. The smallest absolute Gasteiger partial charge is 0.285 e. The zero-order chi connectivity index (χ0) is 13.1. The van der Waals surface area contributed by atoms with Gasteiger partial charge < -0.3 is 10.6 Å². The number of H-pyrrole nitrogens is 1. The van der Waals surface area contributed by atoms with Crippen LogP contribution in [0.1, 0.15) is 26.2 Å². The second-order valence-corrected chi connectivity index (χ2v) is 5.16. The number of anilines is 1. The maximum absolute atomic E-state index is 11.5. The molecule has 2 atom stereocenters. The number of nitrogens with one attached hydrogen (secondary N) is 1. The van der Waals surface area contributed by atoms with Crippen LogP contribution < -0.4 is 16.2 Å². The Bertz CT molecular complexity index is 462. The van der Waals surface area contributed by atoms with Crippen LogP contribution in [0.15, 0.2) is 11.0 Å². The van der Waals surface area contributed by atoms with Crippen LogP contribution in [0.4, 0.5) is 5.69 Å². The molecule has 5 nitrogen and oxygen atoms in total. The van der Waals surface area contributed by atoms with Crippen molar-refractivity contribution >= 4 is 17.3 Å². The Hall–Kier alpha value is -1.07. The molecule has 6 heteroatoms. The lowest BCUT2D eigenvalue weighted by molar-refractivity contribution is 0.335. The van der Waals surface area contributed by atoms with Crippen LogP contribution in [-0.4, -0.2) is 29.3 Å². The number of halogens is 1. The van der Waals surface area contributed by atoms with E-state index in [-0.39, 0.29) is 16.6 Å². The Kier molecular flexibility index (Phi) is 4.24. The van der Waals surface area contributed by atoms with Crippen molar-refractivity contribution in [2.45, 2.75) is 32.2 Å². The molecule has 1 aromatic heterocycles. The average molecular weight is 271 g/mol. The number of nitrogens with zero attached hydrogens (tertiary/aromatic N) is 2. The SMILES string of the molecule is CCC1CCN(c2cn[nH]c(=O)c2Cl)C(CN)C1. The lowest BCUT2D eigenvalue weighted by atomic mass is 9.88. The highest BCUT2D eigenvalue weighted by Crippen LogP contribution is 2.31. The normalized spacial score (nSPS) is 24.3. The molecule has 1 aliphatic heterocycles. The van der Waals surface area contributed by atoms with Crippen LogP contribution in [0.2, 0.25) is 5.02 Å². The van der Waals surface area contributed by atoms with E-state index in [1.165, 1.54) is 6.42 Å². The van der Waals surface area contributed by atoms with E-state index < -0.39 is 0 Å². The summed E-state index contributed by atoms with van der Waals surface area (Å²) in [5.74, 6) is 0.712. The van der Waals surface area contributed by atoms with E-state index >= 15 is 0 Å². The van der Waals surface area contributed by atoms with Crippen molar-refractivity contribution in [1.82, 2.24) is 10.2 Å². The van der Waals surface area contributed by atoms with Gasteiger partial charge in [-0.05, 0) is 18.8 Å². The van der Waals surface area contributed by atoms with Crippen molar-refractivity contribution in [3.63, 3.8) is 0 Å². The summed E-state index contributed by atoms with van der Waals surface area (Å²) in [7, 11) is 0. The molecule has 0 saturated carbocycles. The monoisotopic (exact) mass is 270 g/mol. The number of aromatic nitrogens is 2. The number of hydrogen-bond acceptors (Lipinski definition) is 4. The van der Waals surface area contributed by atoms with Gasteiger partial charge in [-0.25, -0.2) is 5.10 Å². The average Bonchev–Trinajstić information content (AvgIpc) is 2.41. The standard InChI is InChI=1S/C12H19ClN4O/c1-2-8-3-4-17(9(5-8)6-14)10-7-15-16-12(18)11(10)13/h7-9H,2-6,14H2,1H3,(H,16,18). The van der Waals surface area contributed by atoms with Crippen molar-refractivity contribution in [3.8, 4) is 0 Å². The van der Waals surface area contributed by atoms with Crippen LogP contribution in [-0.2, 0) is 0 Å². The van der Waals surface area contributed by atoms with Gasteiger partial charge in [0.2, 0.25) is 0 Å². The predicted octanol–water partition coefficient (Wildman–Crippen LogP) is 1.38. The van der Waals surface area contributed by atoms with E-state index in [1.54, 1.807) is 6.20 Å². The first-order valence-corrected chi connectivity index (χ1v) is 6.75. The zero-order valence-corrected chi connectivity index (χ0v) is 11.3. The fraction of sp³-hybridized carbons (Fsp3) is 0.667. The third-order valence-electron chi connectivity index (χ3n) is 3.76. The van der Waals surface area contributed by atoms with Crippen molar-refractivity contribution in [2.75, 3.05) is 18.0 Å². The number of piperidine rings is 1. The summed E-state index contributed by atoms with van der Waals surface area (Å²) in [6.45, 7) is 3.65. The highest BCUT2D eigenvalue weighted by atomic mass is 35.5. The summed E-state index contributed by atoms with van der Waals surface area (Å²) in [5, 5.41) is 6.37. The van der Waals surface area contributed by atoms with Crippen LogP contribution in [0.5, 0.6) is 0 Å². The molecule has 2 unspecified atom stereocenters. The van der Waals surface area contributed by atoms with Crippen LogP contribution in [0, 0.1) is 5.92 Å². The van der Waals surface area contributed by atoms with Crippen molar-refractivity contribution < 1.29 is 0 Å². The highest BCUT2D eigenvalue weighted by molar-refractivity contribution is 6.33.